The number of ether oxygens (including phenoxy) is 2. The van der Waals surface area contributed by atoms with E-state index < -0.39 is 0 Å². The van der Waals surface area contributed by atoms with Crippen LogP contribution in [0.25, 0.3) is 11.1 Å². The van der Waals surface area contributed by atoms with Gasteiger partial charge < -0.3 is 9.47 Å². The van der Waals surface area contributed by atoms with Crippen LogP contribution in [0.15, 0.2) is 48.5 Å². The number of benzene rings is 2. The normalized spacial score (nSPS) is 11.8. The van der Waals surface area contributed by atoms with Gasteiger partial charge >= 0.3 is 5.97 Å². The van der Waals surface area contributed by atoms with Crippen molar-refractivity contribution in [3.8, 4) is 16.9 Å². The lowest BCUT2D eigenvalue weighted by Crippen LogP contribution is -2.07. The van der Waals surface area contributed by atoms with Crippen LogP contribution in [0.5, 0.6) is 5.75 Å². The van der Waals surface area contributed by atoms with Crippen molar-refractivity contribution in [1.82, 2.24) is 0 Å². The number of hydrogen-bond acceptors (Lipinski definition) is 3. The number of carbonyl (C=O) groups is 1. The zero-order valence-corrected chi connectivity index (χ0v) is 18.3. The first-order valence-electron chi connectivity index (χ1n) is 11.2. The minimum absolute atomic E-state index is 0.173. The van der Waals surface area contributed by atoms with Crippen LogP contribution in [0.1, 0.15) is 83.8 Å². The average Bonchev–Trinajstić information content (AvgIpc) is 2.76. The van der Waals surface area contributed by atoms with Gasteiger partial charge in [-0.1, -0.05) is 88.8 Å². The number of carbonyl (C=O) groups excluding carboxylic acids is 1. The highest BCUT2D eigenvalue weighted by Crippen LogP contribution is 2.25. The quantitative estimate of drug-likeness (QED) is 0.260. The molecule has 0 aliphatic rings. The number of rotatable bonds is 13. The minimum atomic E-state index is -0.223. The maximum atomic E-state index is 11.4. The molecule has 2 aromatic rings. The lowest BCUT2D eigenvalue weighted by molar-refractivity contribution is -0.148. The van der Waals surface area contributed by atoms with E-state index in [1.165, 1.54) is 38.5 Å². The third kappa shape index (κ3) is 8.31. The van der Waals surface area contributed by atoms with Crippen LogP contribution >= 0.6 is 0 Å². The van der Waals surface area contributed by atoms with Crippen molar-refractivity contribution in [3.05, 3.63) is 54.1 Å². The maximum absolute atomic E-state index is 11.4. The van der Waals surface area contributed by atoms with Gasteiger partial charge in [-0.3, -0.25) is 4.79 Å². The Kier molecular flexibility index (Phi) is 10.3. The topological polar surface area (TPSA) is 35.5 Å². The minimum Gasteiger partial charge on any atom is -0.494 e. The molecule has 3 nitrogen and oxygen atoms in total. The SMILES string of the molecule is CCCCCCCCCOc1ccc(-c2ccc(C(C)OC(=O)CC)cc2)cc1. The van der Waals surface area contributed by atoms with Crippen LogP contribution in [0, 0.1) is 0 Å². The molecule has 0 aliphatic heterocycles. The molecular weight excluding hydrogens is 360 g/mol. The molecule has 3 heteroatoms. The molecule has 0 spiro atoms. The molecule has 1 unspecified atom stereocenters. The molecule has 0 saturated heterocycles. The molecule has 0 aliphatic carbocycles. The van der Waals surface area contributed by atoms with Gasteiger partial charge in [0.05, 0.1) is 6.61 Å². The molecule has 0 fully saturated rings. The molecule has 0 aromatic heterocycles. The summed E-state index contributed by atoms with van der Waals surface area (Å²) in [6, 6.07) is 16.4. The predicted molar refractivity (Wildman–Crippen MR) is 120 cm³/mol. The standard InChI is InChI=1S/C26H36O3/c1-4-6-7-8-9-10-11-20-28-25-18-16-24(17-19-25)23-14-12-22(13-15-23)21(3)29-26(27)5-2/h12-19,21H,4-11,20H2,1-3H3. The Bertz CT molecular complexity index is 704. The smallest absolute Gasteiger partial charge is 0.306 e. The Morgan fingerprint density at radius 3 is 1.93 bits per heavy atom. The van der Waals surface area contributed by atoms with Crippen LogP contribution in [-0.4, -0.2) is 12.6 Å². The van der Waals surface area contributed by atoms with Gasteiger partial charge in [-0.05, 0) is 42.2 Å². The highest BCUT2D eigenvalue weighted by Gasteiger charge is 2.10. The molecule has 0 heterocycles. The summed E-state index contributed by atoms with van der Waals surface area (Å²) in [6.45, 7) is 6.75. The molecule has 0 saturated carbocycles. The summed E-state index contributed by atoms with van der Waals surface area (Å²) < 4.78 is 11.2. The largest absolute Gasteiger partial charge is 0.494 e. The highest BCUT2D eigenvalue weighted by atomic mass is 16.5. The van der Waals surface area contributed by atoms with E-state index in [2.05, 4.69) is 31.2 Å². The fraction of sp³-hybridized carbons (Fsp3) is 0.500. The van der Waals surface area contributed by atoms with E-state index in [-0.39, 0.29) is 12.1 Å². The molecular formula is C26H36O3. The fourth-order valence-electron chi connectivity index (χ4n) is 3.29. The van der Waals surface area contributed by atoms with Crippen molar-refractivity contribution in [3.63, 3.8) is 0 Å². The van der Waals surface area contributed by atoms with Gasteiger partial charge in [0.1, 0.15) is 11.9 Å². The summed E-state index contributed by atoms with van der Waals surface area (Å²) in [5.74, 6) is 0.755. The second-order valence-electron chi connectivity index (χ2n) is 7.60. The second-order valence-corrected chi connectivity index (χ2v) is 7.60. The first-order valence-corrected chi connectivity index (χ1v) is 11.2. The highest BCUT2D eigenvalue weighted by molar-refractivity contribution is 5.69. The number of unbranched alkanes of at least 4 members (excludes halogenated alkanes) is 6. The van der Waals surface area contributed by atoms with Crippen LogP contribution in [0.2, 0.25) is 0 Å². The third-order valence-corrected chi connectivity index (χ3v) is 5.18. The lowest BCUT2D eigenvalue weighted by Gasteiger charge is -2.13. The van der Waals surface area contributed by atoms with E-state index >= 15 is 0 Å². The van der Waals surface area contributed by atoms with Crippen molar-refractivity contribution in [2.75, 3.05) is 6.61 Å². The summed E-state index contributed by atoms with van der Waals surface area (Å²) >= 11 is 0. The van der Waals surface area contributed by atoms with E-state index in [0.29, 0.717) is 6.42 Å². The van der Waals surface area contributed by atoms with Crippen LogP contribution in [0.4, 0.5) is 0 Å². The van der Waals surface area contributed by atoms with E-state index in [9.17, 15) is 4.79 Å². The van der Waals surface area contributed by atoms with Crippen molar-refractivity contribution in [1.29, 1.82) is 0 Å². The van der Waals surface area contributed by atoms with E-state index in [4.69, 9.17) is 9.47 Å². The summed E-state index contributed by atoms with van der Waals surface area (Å²) in [5.41, 5.74) is 3.30. The second kappa shape index (κ2) is 13.0. The van der Waals surface area contributed by atoms with Crippen molar-refractivity contribution < 1.29 is 14.3 Å². The zero-order chi connectivity index (χ0) is 20.9. The van der Waals surface area contributed by atoms with Crippen LogP contribution in [0.3, 0.4) is 0 Å². The lowest BCUT2D eigenvalue weighted by atomic mass is 10.0. The predicted octanol–water partition coefficient (Wildman–Crippen LogP) is 7.50. The van der Waals surface area contributed by atoms with Gasteiger partial charge in [0.15, 0.2) is 0 Å². The molecule has 1 atom stereocenters. The molecule has 0 N–H and O–H groups in total. The van der Waals surface area contributed by atoms with Crippen LogP contribution < -0.4 is 4.74 Å². The molecule has 0 amide bonds. The van der Waals surface area contributed by atoms with Gasteiger partial charge in [-0.2, -0.15) is 0 Å². The van der Waals surface area contributed by atoms with E-state index in [0.717, 1.165) is 35.5 Å². The number of esters is 1. The number of hydrogen-bond donors (Lipinski definition) is 0. The van der Waals surface area contributed by atoms with E-state index in [1.54, 1.807) is 6.92 Å². The molecule has 29 heavy (non-hydrogen) atoms. The van der Waals surface area contributed by atoms with Crippen LogP contribution in [-0.2, 0) is 9.53 Å². The van der Waals surface area contributed by atoms with Gasteiger partial charge in [-0.15, -0.1) is 0 Å². The Hall–Kier alpha value is -2.29. The first-order chi connectivity index (χ1) is 14.1. The summed E-state index contributed by atoms with van der Waals surface area (Å²) in [5, 5.41) is 0. The van der Waals surface area contributed by atoms with Crippen molar-refractivity contribution in [2.24, 2.45) is 0 Å². The molecule has 0 radical (unpaired) electrons. The monoisotopic (exact) mass is 396 g/mol. The summed E-state index contributed by atoms with van der Waals surface area (Å²) in [4.78, 5) is 11.4. The maximum Gasteiger partial charge on any atom is 0.306 e. The van der Waals surface area contributed by atoms with Gasteiger partial charge in [-0.25, -0.2) is 0 Å². The molecule has 2 rings (SSSR count). The average molecular weight is 397 g/mol. The van der Waals surface area contributed by atoms with Crippen molar-refractivity contribution >= 4 is 5.97 Å². The Labute approximate surface area is 176 Å². The third-order valence-electron chi connectivity index (χ3n) is 5.18. The summed E-state index contributed by atoms with van der Waals surface area (Å²) in [7, 11) is 0. The van der Waals surface area contributed by atoms with Gasteiger partial charge in [0.25, 0.3) is 0 Å². The Morgan fingerprint density at radius 2 is 1.34 bits per heavy atom. The summed E-state index contributed by atoms with van der Waals surface area (Å²) in [6.07, 6.45) is 9.23. The van der Waals surface area contributed by atoms with Crippen molar-refractivity contribution in [2.45, 2.75) is 78.2 Å². The molecule has 0 bridgehead atoms. The fourth-order valence-corrected chi connectivity index (χ4v) is 3.29. The Morgan fingerprint density at radius 1 is 0.793 bits per heavy atom. The first kappa shape index (κ1) is 23.0. The van der Waals surface area contributed by atoms with Gasteiger partial charge in [0.2, 0.25) is 0 Å². The molecule has 2 aromatic carbocycles. The van der Waals surface area contributed by atoms with E-state index in [1.807, 2.05) is 31.2 Å². The molecule has 158 valence electrons. The Balaban J connectivity index is 1.77. The van der Waals surface area contributed by atoms with Gasteiger partial charge in [0, 0.05) is 6.42 Å². The zero-order valence-electron chi connectivity index (χ0n) is 18.3.